The van der Waals surface area contributed by atoms with E-state index in [1.165, 1.54) is 6.07 Å². The van der Waals surface area contributed by atoms with Crippen LogP contribution in [0.5, 0.6) is 5.75 Å². The molecule has 1 unspecified atom stereocenters. The van der Waals surface area contributed by atoms with Gasteiger partial charge in [-0.15, -0.1) is 0 Å². The normalized spacial score (nSPS) is 16.3. The number of ether oxygens (including phenoxy) is 1. The molecule has 1 aromatic heterocycles. The first kappa shape index (κ1) is 14.0. The number of aromatic nitrogens is 1. The van der Waals surface area contributed by atoms with Gasteiger partial charge in [-0.2, -0.15) is 0 Å². The minimum absolute atomic E-state index is 0.120. The maximum Gasteiger partial charge on any atom is 0.189 e. The maximum atomic E-state index is 14.0. The van der Waals surface area contributed by atoms with E-state index in [4.69, 9.17) is 20.9 Å². The average molecular weight is 333 g/mol. The lowest BCUT2D eigenvalue weighted by Crippen LogP contribution is -2.38. The number of aliphatic carboxylic acids is 1. The number of nitrogens with zero attached hydrogens (tertiary/aromatic N) is 1. The lowest BCUT2D eigenvalue weighted by atomic mass is 10.0. The molecule has 116 valence electrons. The number of fused-ring (bicyclic) bond motifs is 2. The SMILES string of the molecule is O=C([O-])C1Cc2cc3c(-c4ccccc4F)noc3c(Cl)c2O1. The van der Waals surface area contributed by atoms with Crippen LogP contribution in [-0.2, 0) is 11.2 Å². The van der Waals surface area contributed by atoms with E-state index in [9.17, 15) is 14.3 Å². The van der Waals surface area contributed by atoms with Gasteiger partial charge in [-0.05, 0) is 18.2 Å². The number of benzene rings is 2. The van der Waals surface area contributed by atoms with Gasteiger partial charge in [-0.25, -0.2) is 4.39 Å². The Kier molecular flexibility index (Phi) is 3.02. The van der Waals surface area contributed by atoms with Crippen LogP contribution in [0.25, 0.3) is 22.2 Å². The molecule has 4 rings (SSSR count). The molecule has 0 radical (unpaired) electrons. The molecule has 0 spiro atoms. The number of carboxylic acid groups (broad SMARTS) is 1. The van der Waals surface area contributed by atoms with Crippen molar-refractivity contribution >= 4 is 28.5 Å². The van der Waals surface area contributed by atoms with Crippen molar-refractivity contribution in [2.45, 2.75) is 12.5 Å². The molecule has 0 N–H and O–H groups in total. The highest BCUT2D eigenvalue weighted by atomic mass is 35.5. The van der Waals surface area contributed by atoms with Crippen molar-refractivity contribution in [2.75, 3.05) is 0 Å². The van der Waals surface area contributed by atoms with Crippen LogP contribution in [-0.4, -0.2) is 17.2 Å². The summed E-state index contributed by atoms with van der Waals surface area (Å²) in [5.41, 5.74) is 1.40. The molecular weight excluding hydrogens is 325 g/mol. The molecule has 2 aromatic carbocycles. The zero-order valence-electron chi connectivity index (χ0n) is 11.5. The van der Waals surface area contributed by atoms with Gasteiger partial charge in [-0.1, -0.05) is 28.9 Å². The van der Waals surface area contributed by atoms with Crippen LogP contribution in [0.15, 0.2) is 34.9 Å². The predicted molar refractivity (Wildman–Crippen MR) is 77.5 cm³/mol. The molecule has 23 heavy (non-hydrogen) atoms. The molecule has 0 fully saturated rings. The largest absolute Gasteiger partial charge is 0.546 e. The van der Waals surface area contributed by atoms with E-state index >= 15 is 0 Å². The van der Waals surface area contributed by atoms with Crippen LogP contribution < -0.4 is 9.84 Å². The van der Waals surface area contributed by atoms with Gasteiger partial charge < -0.3 is 19.2 Å². The summed E-state index contributed by atoms with van der Waals surface area (Å²) in [7, 11) is 0. The van der Waals surface area contributed by atoms with E-state index in [1.54, 1.807) is 24.3 Å². The monoisotopic (exact) mass is 332 g/mol. The van der Waals surface area contributed by atoms with Crippen LogP contribution in [0.4, 0.5) is 4.39 Å². The van der Waals surface area contributed by atoms with E-state index < -0.39 is 17.9 Å². The molecule has 3 aromatic rings. The summed E-state index contributed by atoms with van der Waals surface area (Å²) in [6.45, 7) is 0. The first-order valence-electron chi connectivity index (χ1n) is 6.79. The lowest BCUT2D eigenvalue weighted by Gasteiger charge is -2.10. The Morgan fingerprint density at radius 1 is 1.39 bits per heavy atom. The van der Waals surface area contributed by atoms with Gasteiger partial charge in [-0.3, -0.25) is 0 Å². The molecule has 1 aliphatic heterocycles. The third-order valence-corrected chi connectivity index (χ3v) is 4.14. The van der Waals surface area contributed by atoms with Crippen molar-refractivity contribution in [3.63, 3.8) is 0 Å². The molecule has 7 heteroatoms. The Morgan fingerprint density at radius 3 is 2.91 bits per heavy atom. The molecule has 2 heterocycles. The second kappa shape index (κ2) is 4.96. The molecule has 1 aliphatic rings. The number of carbonyl (C=O) groups excluding carboxylic acids is 1. The number of halogens is 2. The summed E-state index contributed by atoms with van der Waals surface area (Å²) < 4.78 is 24.5. The van der Waals surface area contributed by atoms with Gasteiger partial charge in [0.15, 0.2) is 5.58 Å². The molecule has 5 nitrogen and oxygen atoms in total. The Morgan fingerprint density at radius 2 is 2.17 bits per heavy atom. The van der Waals surface area contributed by atoms with Gasteiger partial charge in [0.05, 0.1) is 11.4 Å². The third kappa shape index (κ3) is 2.06. The van der Waals surface area contributed by atoms with E-state index in [1.807, 2.05) is 0 Å². The Hall–Kier alpha value is -2.60. The van der Waals surface area contributed by atoms with E-state index in [-0.39, 0.29) is 28.3 Å². The number of rotatable bonds is 2. The summed E-state index contributed by atoms with van der Waals surface area (Å²) in [6, 6.07) is 7.82. The van der Waals surface area contributed by atoms with E-state index in [0.29, 0.717) is 16.6 Å². The lowest BCUT2D eigenvalue weighted by molar-refractivity contribution is -0.312. The minimum atomic E-state index is -1.32. The summed E-state index contributed by atoms with van der Waals surface area (Å²) >= 11 is 6.23. The summed E-state index contributed by atoms with van der Waals surface area (Å²) in [5, 5.41) is 15.5. The highest BCUT2D eigenvalue weighted by molar-refractivity contribution is 6.37. The van der Waals surface area contributed by atoms with Crippen molar-refractivity contribution in [1.29, 1.82) is 0 Å². The topological polar surface area (TPSA) is 75.4 Å². The van der Waals surface area contributed by atoms with Crippen LogP contribution in [0, 0.1) is 5.82 Å². The molecule has 0 saturated carbocycles. The van der Waals surface area contributed by atoms with Crippen LogP contribution in [0.3, 0.4) is 0 Å². The van der Waals surface area contributed by atoms with Crippen molar-refractivity contribution < 1.29 is 23.6 Å². The number of carbonyl (C=O) groups is 1. The highest BCUT2D eigenvalue weighted by Gasteiger charge is 2.30. The number of carboxylic acids is 1. The second-order valence-electron chi connectivity index (χ2n) is 5.20. The third-order valence-electron chi connectivity index (χ3n) is 3.79. The summed E-state index contributed by atoms with van der Waals surface area (Å²) in [4.78, 5) is 11.0. The van der Waals surface area contributed by atoms with Crippen LogP contribution in [0.2, 0.25) is 5.02 Å². The zero-order chi connectivity index (χ0) is 16.1. The molecular formula is C16H8ClFNO4-. The predicted octanol–water partition coefficient (Wildman–Crippen LogP) is 2.34. The van der Waals surface area contributed by atoms with Gasteiger partial charge in [0, 0.05) is 17.5 Å². The molecule has 0 bridgehead atoms. The minimum Gasteiger partial charge on any atom is -0.546 e. The van der Waals surface area contributed by atoms with Crippen molar-refractivity contribution in [3.8, 4) is 17.0 Å². The summed E-state index contributed by atoms with van der Waals surface area (Å²) in [6.07, 6.45) is -0.978. The summed E-state index contributed by atoms with van der Waals surface area (Å²) in [5.74, 6) is -1.52. The smallest absolute Gasteiger partial charge is 0.189 e. The van der Waals surface area contributed by atoms with E-state index in [0.717, 1.165) is 0 Å². The van der Waals surface area contributed by atoms with Crippen molar-refractivity contribution in [2.24, 2.45) is 0 Å². The van der Waals surface area contributed by atoms with Crippen molar-refractivity contribution in [3.05, 3.63) is 46.7 Å². The number of hydrogen-bond donors (Lipinski definition) is 0. The maximum absolute atomic E-state index is 14.0. The first-order chi connectivity index (χ1) is 11.1. The first-order valence-corrected chi connectivity index (χ1v) is 7.17. The van der Waals surface area contributed by atoms with E-state index in [2.05, 4.69) is 5.16 Å². The van der Waals surface area contributed by atoms with Gasteiger partial charge in [0.1, 0.15) is 28.4 Å². The fourth-order valence-electron chi connectivity index (χ4n) is 2.71. The zero-order valence-corrected chi connectivity index (χ0v) is 12.3. The Labute approximate surface area is 134 Å². The Bertz CT molecular complexity index is 953. The fourth-order valence-corrected chi connectivity index (χ4v) is 3.02. The highest BCUT2D eigenvalue weighted by Crippen LogP contribution is 2.44. The Balaban J connectivity index is 1.92. The molecule has 0 aliphatic carbocycles. The van der Waals surface area contributed by atoms with Crippen LogP contribution in [0.1, 0.15) is 5.56 Å². The molecule has 1 atom stereocenters. The fraction of sp³-hybridized carbons (Fsp3) is 0.125. The van der Waals surface area contributed by atoms with Crippen molar-refractivity contribution in [1.82, 2.24) is 5.16 Å². The average Bonchev–Trinajstić information content (AvgIpc) is 3.13. The number of hydrogen-bond acceptors (Lipinski definition) is 5. The quantitative estimate of drug-likeness (QED) is 0.720. The second-order valence-corrected chi connectivity index (χ2v) is 5.57. The molecule has 0 amide bonds. The standard InChI is InChI=1S/C16H9ClFNO4/c17-12-14-7(6-11(22-14)16(20)21)5-9-13(19-23-15(9)12)8-3-1-2-4-10(8)18/h1-5,11H,6H2,(H,20,21)/p-1. The van der Waals surface area contributed by atoms with Gasteiger partial charge >= 0.3 is 0 Å². The molecule has 0 saturated heterocycles. The van der Waals surface area contributed by atoms with Gasteiger partial charge in [0.25, 0.3) is 0 Å². The van der Waals surface area contributed by atoms with Gasteiger partial charge in [0.2, 0.25) is 0 Å². The van der Waals surface area contributed by atoms with Crippen LogP contribution >= 0.6 is 11.6 Å².